The summed E-state index contributed by atoms with van der Waals surface area (Å²) in [6.07, 6.45) is 4.59. The second-order valence-electron chi connectivity index (χ2n) is 3.44. The Morgan fingerprint density at radius 1 is 1.50 bits per heavy atom. The summed E-state index contributed by atoms with van der Waals surface area (Å²) in [6, 6.07) is 2.01. The predicted molar refractivity (Wildman–Crippen MR) is 57.5 cm³/mol. The van der Waals surface area contributed by atoms with E-state index in [2.05, 4.69) is 18.8 Å². The van der Waals surface area contributed by atoms with Gasteiger partial charge >= 0.3 is 0 Å². The van der Waals surface area contributed by atoms with Gasteiger partial charge in [0.1, 0.15) is 5.75 Å². The molecule has 0 radical (unpaired) electrons. The van der Waals surface area contributed by atoms with Gasteiger partial charge in [0, 0.05) is 6.20 Å². The number of pyridine rings is 1. The minimum atomic E-state index is 0.340. The lowest BCUT2D eigenvalue weighted by atomic mass is 10.0. The third-order valence-electron chi connectivity index (χ3n) is 2.13. The summed E-state index contributed by atoms with van der Waals surface area (Å²) >= 11 is 0. The molecule has 78 valence electrons. The quantitative estimate of drug-likeness (QED) is 0.779. The van der Waals surface area contributed by atoms with Crippen molar-refractivity contribution < 1.29 is 4.74 Å². The number of aromatic nitrogens is 1. The molecule has 2 N–H and O–H groups in total. The molecule has 1 aromatic rings. The van der Waals surface area contributed by atoms with Gasteiger partial charge < -0.3 is 10.5 Å². The molecular formula is C11H18N2O. The molecule has 3 nitrogen and oxygen atoms in total. The lowest BCUT2D eigenvalue weighted by Gasteiger charge is -2.10. The molecule has 0 aromatic carbocycles. The van der Waals surface area contributed by atoms with E-state index >= 15 is 0 Å². The second-order valence-corrected chi connectivity index (χ2v) is 3.44. The number of nitrogens with zero attached hydrogens (tertiary/aromatic N) is 1. The van der Waals surface area contributed by atoms with Gasteiger partial charge in [0.25, 0.3) is 0 Å². The van der Waals surface area contributed by atoms with Gasteiger partial charge in [-0.3, -0.25) is 4.98 Å². The number of rotatable bonds is 5. The maximum atomic E-state index is 5.59. The first-order valence-corrected chi connectivity index (χ1v) is 5.05. The highest BCUT2D eigenvalue weighted by Gasteiger charge is 2.04. The van der Waals surface area contributed by atoms with E-state index in [1.807, 2.05) is 12.3 Å². The largest absolute Gasteiger partial charge is 0.492 e. The molecule has 1 aromatic heterocycles. The normalized spacial score (nSPS) is 12.5. The van der Waals surface area contributed by atoms with Crippen molar-refractivity contribution in [2.45, 2.75) is 26.2 Å². The zero-order valence-corrected chi connectivity index (χ0v) is 8.86. The molecule has 0 bridgehead atoms. The highest BCUT2D eigenvalue weighted by atomic mass is 16.5. The van der Waals surface area contributed by atoms with Gasteiger partial charge in [-0.15, -0.1) is 0 Å². The summed E-state index contributed by atoms with van der Waals surface area (Å²) in [4.78, 5) is 4.13. The SMILES string of the molecule is CCCOc1cncc(C(C)CN)c1. The van der Waals surface area contributed by atoms with Gasteiger partial charge in [-0.25, -0.2) is 0 Å². The fourth-order valence-corrected chi connectivity index (χ4v) is 1.14. The summed E-state index contributed by atoms with van der Waals surface area (Å²) in [7, 11) is 0. The van der Waals surface area contributed by atoms with Crippen LogP contribution in [0.3, 0.4) is 0 Å². The molecule has 0 aliphatic carbocycles. The van der Waals surface area contributed by atoms with Crippen LogP contribution < -0.4 is 10.5 Å². The van der Waals surface area contributed by atoms with Crippen LogP contribution >= 0.6 is 0 Å². The van der Waals surface area contributed by atoms with Gasteiger partial charge in [-0.1, -0.05) is 13.8 Å². The smallest absolute Gasteiger partial charge is 0.137 e. The van der Waals surface area contributed by atoms with E-state index < -0.39 is 0 Å². The van der Waals surface area contributed by atoms with Crippen molar-refractivity contribution in [2.75, 3.05) is 13.2 Å². The van der Waals surface area contributed by atoms with E-state index in [0.29, 0.717) is 12.5 Å². The van der Waals surface area contributed by atoms with Crippen LogP contribution in [0.2, 0.25) is 0 Å². The van der Waals surface area contributed by atoms with Crippen LogP contribution in [0.1, 0.15) is 31.7 Å². The first-order valence-electron chi connectivity index (χ1n) is 5.05. The fraction of sp³-hybridized carbons (Fsp3) is 0.545. The van der Waals surface area contributed by atoms with E-state index in [4.69, 9.17) is 10.5 Å². The predicted octanol–water partition coefficient (Wildman–Crippen LogP) is 1.93. The molecule has 1 rings (SSSR count). The third-order valence-corrected chi connectivity index (χ3v) is 2.13. The Balaban J connectivity index is 2.68. The lowest BCUT2D eigenvalue weighted by Crippen LogP contribution is -2.09. The van der Waals surface area contributed by atoms with Crippen molar-refractivity contribution in [1.82, 2.24) is 4.98 Å². The van der Waals surface area contributed by atoms with Crippen LogP contribution in [0.15, 0.2) is 18.5 Å². The van der Waals surface area contributed by atoms with E-state index in [1.54, 1.807) is 6.20 Å². The Labute approximate surface area is 85.3 Å². The number of hydrogen-bond donors (Lipinski definition) is 1. The molecule has 1 heterocycles. The molecule has 0 saturated carbocycles. The first kappa shape index (κ1) is 11.0. The summed E-state index contributed by atoms with van der Waals surface area (Å²) in [5.74, 6) is 1.18. The van der Waals surface area contributed by atoms with Crippen molar-refractivity contribution in [3.8, 4) is 5.75 Å². The molecule has 0 saturated heterocycles. The Kier molecular flexibility index (Phi) is 4.40. The molecule has 0 fully saturated rings. The fourth-order valence-electron chi connectivity index (χ4n) is 1.14. The van der Waals surface area contributed by atoms with E-state index in [-0.39, 0.29) is 0 Å². The van der Waals surface area contributed by atoms with Crippen molar-refractivity contribution in [1.29, 1.82) is 0 Å². The Morgan fingerprint density at radius 3 is 2.93 bits per heavy atom. The molecule has 14 heavy (non-hydrogen) atoms. The summed E-state index contributed by atoms with van der Waals surface area (Å²) in [6.45, 7) is 5.54. The summed E-state index contributed by atoms with van der Waals surface area (Å²) in [5.41, 5.74) is 6.73. The summed E-state index contributed by atoms with van der Waals surface area (Å²) < 4.78 is 5.49. The topological polar surface area (TPSA) is 48.1 Å². The lowest BCUT2D eigenvalue weighted by molar-refractivity contribution is 0.315. The molecule has 3 heteroatoms. The minimum absolute atomic E-state index is 0.340. The van der Waals surface area contributed by atoms with Crippen molar-refractivity contribution in [2.24, 2.45) is 5.73 Å². The second kappa shape index (κ2) is 5.60. The molecule has 0 spiro atoms. The van der Waals surface area contributed by atoms with Crippen LogP contribution in [-0.4, -0.2) is 18.1 Å². The average molecular weight is 194 g/mol. The molecule has 1 atom stereocenters. The first-order chi connectivity index (χ1) is 6.77. The monoisotopic (exact) mass is 194 g/mol. The highest BCUT2D eigenvalue weighted by molar-refractivity contribution is 5.26. The van der Waals surface area contributed by atoms with E-state index in [0.717, 1.165) is 24.3 Å². The zero-order valence-electron chi connectivity index (χ0n) is 8.86. The van der Waals surface area contributed by atoms with Gasteiger partial charge in [0.15, 0.2) is 0 Å². The molecular weight excluding hydrogens is 176 g/mol. The molecule has 0 amide bonds. The molecule has 1 unspecified atom stereocenters. The number of ether oxygens (including phenoxy) is 1. The third kappa shape index (κ3) is 3.00. The van der Waals surface area contributed by atoms with E-state index in [1.165, 1.54) is 0 Å². The number of nitrogens with two attached hydrogens (primary N) is 1. The van der Waals surface area contributed by atoms with Gasteiger partial charge in [0.2, 0.25) is 0 Å². The van der Waals surface area contributed by atoms with Crippen molar-refractivity contribution in [3.05, 3.63) is 24.0 Å². The summed E-state index contributed by atoms with van der Waals surface area (Å²) in [5, 5.41) is 0. The highest BCUT2D eigenvalue weighted by Crippen LogP contribution is 2.18. The molecule has 0 aliphatic rings. The van der Waals surface area contributed by atoms with Crippen molar-refractivity contribution in [3.63, 3.8) is 0 Å². The Bertz CT molecular complexity index is 276. The average Bonchev–Trinajstić information content (AvgIpc) is 2.25. The van der Waals surface area contributed by atoms with Crippen molar-refractivity contribution >= 4 is 0 Å². The molecule has 0 aliphatic heterocycles. The number of hydrogen-bond acceptors (Lipinski definition) is 3. The zero-order chi connectivity index (χ0) is 10.4. The Hall–Kier alpha value is -1.09. The van der Waals surface area contributed by atoms with Crippen LogP contribution in [0.5, 0.6) is 5.75 Å². The van der Waals surface area contributed by atoms with Crippen LogP contribution in [0.25, 0.3) is 0 Å². The standard InChI is InChI=1S/C11H18N2O/c1-3-4-14-11-5-10(7-13-8-11)9(2)6-12/h5,7-9H,3-4,6,12H2,1-2H3. The maximum absolute atomic E-state index is 5.59. The Morgan fingerprint density at radius 2 is 2.29 bits per heavy atom. The van der Waals surface area contributed by atoms with E-state index in [9.17, 15) is 0 Å². The van der Waals surface area contributed by atoms with Crippen LogP contribution in [0.4, 0.5) is 0 Å². The van der Waals surface area contributed by atoms with Gasteiger partial charge in [-0.2, -0.15) is 0 Å². The van der Waals surface area contributed by atoms with Crippen LogP contribution in [0, 0.1) is 0 Å². The van der Waals surface area contributed by atoms with Gasteiger partial charge in [0.05, 0.1) is 12.8 Å². The minimum Gasteiger partial charge on any atom is -0.492 e. The maximum Gasteiger partial charge on any atom is 0.137 e. The van der Waals surface area contributed by atoms with Crippen LogP contribution in [-0.2, 0) is 0 Å². The van der Waals surface area contributed by atoms with Gasteiger partial charge in [-0.05, 0) is 30.5 Å².